The van der Waals surface area contributed by atoms with Gasteiger partial charge in [0, 0.05) is 34.6 Å². The summed E-state index contributed by atoms with van der Waals surface area (Å²) in [5, 5.41) is 3.90. The number of rotatable bonds is 11. The third-order valence-electron chi connectivity index (χ3n) is 6.01. The van der Waals surface area contributed by atoms with Crippen molar-refractivity contribution in [2.24, 2.45) is 0 Å². The second kappa shape index (κ2) is 13.3. The highest BCUT2D eigenvalue weighted by Crippen LogP contribution is 2.27. The molecule has 36 heavy (non-hydrogen) atoms. The molecule has 0 saturated heterocycles. The largest absolute Gasteiger partial charge is 0.484 e. The van der Waals surface area contributed by atoms with Crippen molar-refractivity contribution < 1.29 is 14.3 Å². The molecule has 190 valence electrons. The van der Waals surface area contributed by atoms with Crippen LogP contribution in [0.25, 0.3) is 0 Å². The molecule has 0 radical (unpaired) electrons. The van der Waals surface area contributed by atoms with E-state index in [0.717, 1.165) is 17.5 Å². The Morgan fingerprint density at radius 2 is 1.64 bits per heavy atom. The van der Waals surface area contributed by atoms with E-state index < -0.39 is 6.04 Å². The summed E-state index contributed by atoms with van der Waals surface area (Å²) < 4.78 is 5.82. The fourth-order valence-corrected chi connectivity index (χ4v) is 4.30. The summed E-state index contributed by atoms with van der Waals surface area (Å²) in [6, 6.07) is 21.5. The number of ether oxygens (including phenoxy) is 1. The van der Waals surface area contributed by atoms with Crippen LogP contribution in [-0.2, 0) is 22.6 Å². The van der Waals surface area contributed by atoms with Crippen molar-refractivity contribution in [2.45, 2.75) is 52.2 Å². The molecule has 5 nitrogen and oxygen atoms in total. The van der Waals surface area contributed by atoms with Crippen molar-refractivity contribution in [1.29, 1.82) is 0 Å². The summed E-state index contributed by atoms with van der Waals surface area (Å²) in [4.78, 5) is 28.7. The second-order valence-electron chi connectivity index (χ2n) is 8.85. The topological polar surface area (TPSA) is 58.6 Å². The van der Waals surface area contributed by atoms with E-state index >= 15 is 0 Å². The first kappa shape index (κ1) is 27.6. The number of hydrogen-bond donors (Lipinski definition) is 1. The Bertz CT molecular complexity index is 1150. The van der Waals surface area contributed by atoms with Gasteiger partial charge in [-0.25, -0.2) is 0 Å². The number of carbonyl (C=O) groups is 2. The van der Waals surface area contributed by atoms with Crippen LogP contribution < -0.4 is 10.1 Å². The van der Waals surface area contributed by atoms with Crippen molar-refractivity contribution in [3.8, 4) is 5.75 Å². The Labute approximate surface area is 223 Å². The molecule has 2 amide bonds. The fraction of sp³-hybridized carbons (Fsp3) is 0.310. The summed E-state index contributed by atoms with van der Waals surface area (Å²) in [5.74, 6) is 0.00996. The number of nitrogens with one attached hydrogen (secondary N) is 1. The zero-order valence-electron chi connectivity index (χ0n) is 20.8. The van der Waals surface area contributed by atoms with Gasteiger partial charge < -0.3 is 15.0 Å². The van der Waals surface area contributed by atoms with Crippen molar-refractivity contribution in [3.63, 3.8) is 0 Å². The van der Waals surface area contributed by atoms with Gasteiger partial charge in [0.2, 0.25) is 5.91 Å². The average Bonchev–Trinajstić information content (AvgIpc) is 2.86. The van der Waals surface area contributed by atoms with E-state index in [2.05, 4.69) is 5.32 Å². The zero-order chi connectivity index (χ0) is 26.1. The molecule has 3 aromatic carbocycles. The van der Waals surface area contributed by atoms with Gasteiger partial charge in [0.25, 0.3) is 5.91 Å². The number of carbonyl (C=O) groups excluding carboxylic acids is 2. The predicted molar refractivity (Wildman–Crippen MR) is 146 cm³/mol. The number of benzene rings is 3. The molecule has 0 saturated carbocycles. The SMILES string of the molecule is CC[C@@H](C)NC(=O)[C@@H](Cc1ccccc1)N(Cc1c(Cl)cccc1Cl)C(=O)COc1cccc(C)c1. The Hall–Kier alpha value is -3.02. The first-order chi connectivity index (χ1) is 17.3. The van der Waals surface area contributed by atoms with Gasteiger partial charge >= 0.3 is 0 Å². The van der Waals surface area contributed by atoms with Crippen LogP contribution in [0.1, 0.15) is 37.0 Å². The second-order valence-corrected chi connectivity index (χ2v) is 9.66. The van der Waals surface area contributed by atoms with Gasteiger partial charge in [-0.15, -0.1) is 0 Å². The molecule has 0 heterocycles. The molecule has 0 fully saturated rings. The molecule has 0 unspecified atom stereocenters. The summed E-state index contributed by atoms with van der Waals surface area (Å²) in [6.07, 6.45) is 1.10. The van der Waals surface area contributed by atoms with Gasteiger partial charge in [0.1, 0.15) is 11.8 Å². The van der Waals surface area contributed by atoms with Crippen LogP contribution in [0, 0.1) is 6.92 Å². The summed E-state index contributed by atoms with van der Waals surface area (Å²) >= 11 is 12.9. The van der Waals surface area contributed by atoms with Crippen molar-refractivity contribution in [3.05, 3.63) is 99.5 Å². The van der Waals surface area contributed by atoms with Crippen LogP contribution in [0.5, 0.6) is 5.75 Å². The van der Waals surface area contributed by atoms with Crippen LogP contribution in [0.4, 0.5) is 0 Å². The molecule has 7 heteroatoms. The van der Waals surface area contributed by atoms with Crippen LogP contribution >= 0.6 is 23.2 Å². The van der Waals surface area contributed by atoms with Gasteiger partial charge in [-0.1, -0.05) is 78.7 Å². The highest BCUT2D eigenvalue weighted by Gasteiger charge is 2.32. The van der Waals surface area contributed by atoms with Gasteiger partial charge in [0.15, 0.2) is 6.61 Å². The molecule has 0 spiro atoms. The van der Waals surface area contributed by atoms with Crippen LogP contribution in [0.3, 0.4) is 0 Å². The monoisotopic (exact) mass is 526 g/mol. The van der Waals surface area contributed by atoms with Crippen LogP contribution in [-0.4, -0.2) is 35.4 Å². The number of nitrogens with zero attached hydrogens (tertiary/aromatic N) is 1. The first-order valence-electron chi connectivity index (χ1n) is 12.0. The highest BCUT2D eigenvalue weighted by atomic mass is 35.5. The lowest BCUT2D eigenvalue weighted by atomic mass is 10.0. The zero-order valence-corrected chi connectivity index (χ0v) is 22.4. The van der Waals surface area contributed by atoms with E-state index in [1.807, 2.05) is 69.3 Å². The van der Waals surface area contributed by atoms with Crippen molar-refractivity contribution >= 4 is 35.0 Å². The standard InChI is InChI=1S/C29H32Cl2N2O3/c1-4-21(3)32-29(35)27(17-22-11-6-5-7-12-22)33(18-24-25(30)14-9-15-26(24)31)28(34)19-36-23-13-8-10-20(2)16-23/h5-16,21,27H,4,17-19H2,1-3H3,(H,32,35)/t21-,27-/m1/s1. The maximum atomic E-state index is 13.7. The van der Waals surface area contributed by atoms with Crippen molar-refractivity contribution in [2.75, 3.05) is 6.61 Å². The molecule has 0 aliphatic heterocycles. The van der Waals surface area contributed by atoms with E-state index in [9.17, 15) is 9.59 Å². The Morgan fingerprint density at radius 3 is 2.28 bits per heavy atom. The van der Waals surface area contributed by atoms with E-state index in [4.69, 9.17) is 27.9 Å². The molecule has 0 aliphatic carbocycles. The maximum absolute atomic E-state index is 13.7. The lowest BCUT2D eigenvalue weighted by Crippen LogP contribution is -2.53. The Morgan fingerprint density at radius 1 is 0.972 bits per heavy atom. The van der Waals surface area contributed by atoms with Gasteiger partial charge in [-0.3, -0.25) is 9.59 Å². The number of halogens is 2. The number of amides is 2. The van der Waals surface area contributed by atoms with Gasteiger partial charge in [-0.2, -0.15) is 0 Å². The quantitative estimate of drug-likeness (QED) is 0.322. The van der Waals surface area contributed by atoms with Gasteiger partial charge in [-0.05, 0) is 55.7 Å². The molecule has 3 rings (SSSR count). The molecule has 1 N–H and O–H groups in total. The minimum Gasteiger partial charge on any atom is -0.484 e. The average molecular weight is 527 g/mol. The summed E-state index contributed by atoms with van der Waals surface area (Å²) in [6.45, 7) is 5.73. The smallest absolute Gasteiger partial charge is 0.261 e. The Kier molecular flexibility index (Phi) is 10.2. The lowest BCUT2D eigenvalue weighted by molar-refractivity contribution is -0.143. The van der Waals surface area contributed by atoms with E-state index in [0.29, 0.717) is 27.8 Å². The molecular weight excluding hydrogens is 495 g/mol. The lowest BCUT2D eigenvalue weighted by Gasteiger charge is -2.32. The molecule has 0 bridgehead atoms. The van der Waals surface area contributed by atoms with E-state index in [-0.39, 0.29) is 31.0 Å². The normalized spacial score (nSPS) is 12.5. The van der Waals surface area contributed by atoms with Gasteiger partial charge in [0.05, 0.1) is 0 Å². The fourth-order valence-electron chi connectivity index (χ4n) is 3.78. The minimum absolute atomic E-state index is 0.0415. The number of hydrogen-bond acceptors (Lipinski definition) is 3. The molecule has 3 aromatic rings. The molecule has 2 atom stereocenters. The third kappa shape index (κ3) is 7.74. The Balaban J connectivity index is 1.96. The van der Waals surface area contributed by atoms with Crippen LogP contribution in [0.15, 0.2) is 72.8 Å². The van der Waals surface area contributed by atoms with E-state index in [1.54, 1.807) is 24.3 Å². The van der Waals surface area contributed by atoms with Crippen molar-refractivity contribution in [1.82, 2.24) is 10.2 Å². The minimum atomic E-state index is -0.789. The van der Waals surface area contributed by atoms with E-state index in [1.165, 1.54) is 4.90 Å². The van der Waals surface area contributed by atoms with Crippen LogP contribution in [0.2, 0.25) is 10.0 Å². The summed E-state index contributed by atoms with van der Waals surface area (Å²) in [7, 11) is 0. The predicted octanol–water partition coefficient (Wildman–Crippen LogP) is 6.24. The highest BCUT2D eigenvalue weighted by molar-refractivity contribution is 6.36. The summed E-state index contributed by atoms with van der Waals surface area (Å²) in [5.41, 5.74) is 2.54. The first-order valence-corrected chi connectivity index (χ1v) is 12.8. The molecule has 0 aromatic heterocycles. The third-order valence-corrected chi connectivity index (χ3v) is 6.72. The number of aryl methyl sites for hydroxylation is 1. The molecular formula is C29H32Cl2N2O3. The maximum Gasteiger partial charge on any atom is 0.261 e. The molecule has 0 aliphatic rings.